The van der Waals surface area contributed by atoms with Gasteiger partial charge in [0.25, 0.3) is 0 Å². The van der Waals surface area contributed by atoms with Gasteiger partial charge in [-0.1, -0.05) is 6.92 Å². The zero-order valence-electron chi connectivity index (χ0n) is 13.5. The first-order valence-electron chi connectivity index (χ1n) is 7.09. The average Bonchev–Trinajstić information content (AvgIpc) is 2.32. The molecule has 8 heteroatoms. The van der Waals surface area contributed by atoms with Crippen LogP contribution in [0.1, 0.15) is 40.5 Å². The lowest BCUT2D eigenvalue weighted by molar-refractivity contribution is -0.174. The Kier molecular flexibility index (Phi) is 8.17. The van der Waals surface area contributed by atoms with Crippen LogP contribution in [0.4, 0.5) is 18.0 Å². The topological polar surface area (TPSA) is 67.8 Å². The molecule has 1 atom stereocenters. The Hall–Kier alpha value is -1.02. The summed E-state index contributed by atoms with van der Waals surface area (Å²) in [5, 5.41) is 12.0. The number of amides is 1. The zero-order valence-corrected chi connectivity index (χ0v) is 13.5. The van der Waals surface area contributed by atoms with Crippen molar-refractivity contribution in [1.29, 1.82) is 0 Å². The molecular formula is C14H26F3NO4. The van der Waals surface area contributed by atoms with Gasteiger partial charge in [0, 0.05) is 18.6 Å². The Morgan fingerprint density at radius 1 is 1.18 bits per heavy atom. The number of alkyl halides is 3. The van der Waals surface area contributed by atoms with Crippen molar-refractivity contribution in [3.63, 3.8) is 0 Å². The SMILES string of the molecule is CC(CO)(CCCOCC(F)(F)F)CNC(=O)OC(C)(C)C. The molecule has 132 valence electrons. The fraction of sp³-hybridized carbons (Fsp3) is 0.929. The summed E-state index contributed by atoms with van der Waals surface area (Å²) < 4.78 is 45.3. The molecule has 0 saturated heterocycles. The molecule has 0 aromatic rings. The quantitative estimate of drug-likeness (QED) is 0.672. The van der Waals surface area contributed by atoms with E-state index in [-0.39, 0.29) is 19.8 Å². The number of rotatable bonds is 8. The number of carbonyl (C=O) groups excluding carboxylic acids is 1. The first-order valence-corrected chi connectivity index (χ1v) is 7.09. The van der Waals surface area contributed by atoms with Gasteiger partial charge in [0.15, 0.2) is 0 Å². The normalized spacial score (nSPS) is 15.3. The number of nitrogens with one attached hydrogen (secondary N) is 1. The van der Waals surface area contributed by atoms with E-state index in [1.807, 2.05) is 0 Å². The molecule has 2 N–H and O–H groups in total. The lowest BCUT2D eigenvalue weighted by Gasteiger charge is -2.28. The van der Waals surface area contributed by atoms with Crippen LogP contribution in [0.25, 0.3) is 0 Å². The van der Waals surface area contributed by atoms with Gasteiger partial charge < -0.3 is 19.9 Å². The molecule has 22 heavy (non-hydrogen) atoms. The molecule has 0 aromatic heterocycles. The van der Waals surface area contributed by atoms with Gasteiger partial charge >= 0.3 is 12.3 Å². The van der Waals surface area contributed by atoms with Crippen molar-refractivity contribution in [2.45, 2.75) is 52.3 Å². The van der Waals surface area contributed by atoms with Crippen LogP contribution in [0.15, 0.2) is 0 Å². The van der Waals surface area contributed by atoms with Crippen LogP contribution in [-0.4, -0.2) is 49.3 Å². The second-order valence-electron chi connectivity index (χ2n) is 6.60. The number of carbonyl (C=O) groups is 1. The monoisotopic (exact) mass is 329 g/mol. The first-order chi connectivity index (χ1) is 9.87. The highest BCUT2D eigenvalue weighted by molar-refractivity contribution is 5.67. The van der Waals surface area contributed by atoms with E-state index in [0.717, 1.165) is 0 Å². The standard InChI is InChI=1S/C14H26F3NO4/c1-12(2,3)22-11(20)18-8-13(4,9-19)6-5-7-21-10-14(15,16)17/h19H,5-10H2,1-4H3,(H,18,20). The van der Waals surface area contributed by atoms with E-state index in [1.165, 1.54) is 0 Å². The third-order valence-corrected chi connectivity index (χ3v) is 2.77. The van der Waals surface area contributed by atoms with Crippen LogP contribution in [0.3, 0.4) is 0 Å². The Balaban J connectivity index is 4.06. The van der Waals surface area contributed by atoms with Crippen molar-refractivity contribution in [2.75, 3.05) is 26.4 Å². The molecule has 0 bridgehead atoms. The first kappa shape index (κ1) is 21.0. The van der Waals surface area contributed by atoms with Crippen LogP contribution in [0.5, 0.6) is 0 Å². The minimum Gasteiger partial charge on any atom is -0.444 e. The number of hydrogen-bond donors (Lipinski definition) is 2. The van der Waals surface area contributed by atoms with Crippen molar-refractivity contribution in [1.82, 2.24) is 5.32 Å². The van der Waals surface area contributed by atoms with E-state index in [4.69, 9.17) is 4.74 Å². The third-order valence-electron chi connectivity index (χ3n) is 2.77. The van der Waals surface area contributed by atoms with Gasteiger partial charge in [-0.15, -0.1) is 0 Å². The maximum atomic E-state index is 11.9. The van der Waals surface area contributed by atoms with Crippen molar-refractivity contribution in [2.24, 2.45) is 5.41 Å². The van der Waals surface area contributed by atoms with Gasteiger partial charge in [0.05, 0.1) is 6.61 Å². The predicted octanol–water partition coefficient (Wildman–Crippen LogP) is 2.87. The summed E-state index contributed by atoms with van der Waals surface area (Å²) in [6, 6.07) is 0. The molecule has 0 aliphatic rings. The molecule has 0 saturated carbocycles. The minimum absolute atomic E-state index is 0.0540. The highest BCUT2D eigenvalue weighted by atomic mass is 19.4. The summed E-state index contributed by atoms with van der Waals surface area (Å²) in [7, 11) is 0. The highest BCUT2D eigenvalue weighted by Crippen LogP contribution is 2.22. The number of aliphatic hydroxyl groups is 1. The van der Waals surface area contributed by atoms with Crippen LogP contribution < -0.4 is 5.32 Å². The minimum atomic E-state index is -4.33. The Bertz CT molecular complexity index is 342. The molecule has 0 fully saturated rings. The smallest absolute Gasteiger partial charge is 0.411 e. The van der Waals surface area contributed by atoms with Crippen molar-refractivity contribution in [3.05, 3.63) is 0 Å². The predicted molar refractivity (Wildman–Crippen MR) is 75.5 cm³/mol. The Labute approximate surface area is 129 Å². The van der Waals surface area contributed by atoms with E-state index >= 15 is 0 Å². The summed E-state index contributed by atoms with van der Waals surface area (Å²) in [4.78, 5) is 11.5. The Morgan fingerprint density at radius 2 is 1.77 bits per heavy atom. The summed E-state index contributed by atoms with van der Waals surface area (Å²) in [5.41, 5.74) is -1.26. The van der Waals surface area contributed by atoms with E-state index in [9.17, 15) is 23.1 Å². The molecule has 0 aliphatic heterocycles. The second kappa shape index (κ2) is 8.57. The van der Waals surface area contributed by atoms with Gasteiger partial charge in [-0.2, -0.15) is 13.2 Å². The van der Waals surface area contributed by atoms with Crippen molar-refractivity contribution < 1.29 is 32.5 Å². The number of alkyl carbamates (subject to hydrolysis) is 1. The van der Waals surface area contributed by atoms with E-state index in [2.05, 4.69) is 10.1 Å². The largest absolute Gasteiger partial charge is 0.444 e. The van der Waals surface area contributed by atoms with Crippen LogP contribution >= 0.6 is 0 Å². The molecular weight excluding hydrogens is 303 g/mol. The highest BCUT2D eigenvalue weighted by Gasteiger charge is 2.28. The molecule has 1 amide bonds. The summed E-state index contributed by atoms with van der Waals surface area (Å²) >= 11 is 0. The summed E-state index contributed by atoms with van der Waals surface area (Å²) in [6.45, 7) is 5.55. The fourth-order valence-electron chi connectivity index (χ4n) is 1.61. The molecule has 0 spiro atoms. The molecule has 0 heterocycles. The molecule has 0 radical (unpaired) electrons. The lowest BCUT2D eigenvalue weighted by Crippen LogP contribution is -2.40. The van der Waals surface area contributed by atoms with Gasteiger partial charge in [0.1, 0.15) is 12.2 Å². The van der Waals surface area contributed by atoms with E-state index in [1.54, 1.807) is 27.7 Å². The van der Waals surface area contributed by atoms with Crippen molar-refractivity contribution >= 4 is 6.09 Å². The number of halogens is 3. The van der Waals surface area contributed by atoms with Gasteiger partial charge in [0.2, 0.25) is 0 Å². The molecule has 0 aromatic carbocycles. The third kappa shape index (κ3) is 11.6. The van der Waals surface area contributed by atoms with Gasteiger partial charge in [-0.3, -0.25) is 0 Å². The Morgan fingerprint density at radius 3 is 2.23 bits per heavy atom. The summed E-state index contributed by atoms with van der Waals surface area (Å²) in [6.07, 6.45) is -4.17. The van der Waals surface area contributed by atoms with Gasteiger partial charge in [-0.25, -0.2) is 4.79 Å². The molecule has 0 rings (SSSR count). The fourth-order valence-corrected chi connectivity index (χ4v) is 1.61. The maximum Gasteiger partial charge on any atom is 0.411 e. The maximum absolute atomic E-state index is 11.9. The average molecular weight is 329 g/mol. The molecule has 5 nitrogen and oxygen atoms in total. The molecule has 1 unspecified atom stereocenters. The number of aliphatic hydroxyl groups excluding tert-OH is 1. The van der Waals surface area contributed by atoms with Crippen LogP contribution in [-0.2, 0) is 9.47 Å². The van der Waals surface area contributed by atoms with E-state index < -0.39 is 29.9 Å². The number of ether oxygens (including phenoxy) is 2. The number of hydrogen-bond acceptors (Lipinski definition) is 4. The molecule has 0 aliphatic carbocycles. The second-order valence-corrected chi connectivity index (χ2v) is 6.60. The van der Waals surface area contributed by atoms with Gasteiger partial charge in [-0.05, 0) is 33.6 Å². The zero-order chi connectivity index (χ0) is 17.4. The van der Waals surface area contributed by atoms with Crippen LogP contribution in [0, 0.1) is 5.41 Å². The lowest BCUT2D eigenvalue weighted by atomic mass is 9.86. The van der Waals surface area contributed by atoms with E-state index in [0.29, 0.717) is 12.8 Å². The summed E-state index contributed by atoms with van der Waals surface area (Å²) in [5.74, 6) is 0. The van der Waals surface area contributed by atoms with Crippen molar-refractivity contribution in [3.8, 4) is 0 Å². The van der Waals surface area contributed by atoms with Crippen LogP contribution in [0.2, 0.25) is 0 Å².